The molecule has 1 amide bonds. The second kappa shape index (κ2) is 13.2. The molecule has 0 spiro atoms. The smallest absolute Gasteiger partial charge is 0.251 e. The molecule has 5 nitrogen and oxygen atoms in total. The molecule has 0 bridgehead atoms. The Bertz CT molecular complexity index is 985. The van der Waals surface area contributed by atoms with Gasteiger partial charge in [0.2, 0.25) is 5.90 Å². The highest BCUT2D eigenvalue weighted by Gasteiger charge is 2.15. The molecule has 0 heterocycles. The maximum Gasteiger partial charge on any atom is 0.251 e. The van der Waals surface area contributed by atoms with E-state index in [1.165, 1.54) is 6.08 Å². The van der Waals surface area contributed by atoms with Gasteiger partial charge in [0.1, 0.15) is 6.61 Å². The van der Waals surface area contributed by atoms with Gasteiger partial charge in [-0.25, -0.2) is 0 Å². The molecule has 0 radical (unpaired) electrons. The summed E-state index contributed by atoms with van der Waals surface area (Å²) in [6, 6.07) is 14.4. The first-order valence-electron chi connectivity index (χ1n) is 10.6. The molecule has 0 unspecified atom stereocenters. The van der Waals surface area contributed by atoms with Crippen LogP contribution in [0.2, 0.25) is 0 Å². The van der Waals surface area contributed by atoms with Crippen LogP contribution in [0, 0.1) is 5.41 Å². The summed E-state index contributed by atoms with van der Waals surface area (Å²) in [6.45, 7) is 7.71. The zero-order valence-corrected chi connectivity index (χ0v) is 19.1. The van der Waals surface area contributed by atoms with Crippen LogP contribution in [-0.4, -0.2) is 24.5 Å². The lowest BCUT2D eigenvalue weighted by Crippen LogP contribution is -2.38. The molecule has 1 atom stereocenters. The average molecular weight is 450 g/mol. The Morgan fingerprint density at radius 3 is 2.69 bits per heavy atom. The molecule has 0 aliphatic heterocycles. The lowest BCUT2D eigenvalue weighted by atomic mass is 10.0. The number of carbonyl (C=O) groups is 1. The largest absolute Gasteiger partial charge is 0.476 e. The molecule has 168 valence electrons. The van der Waals surface area contributed by atoms with Gasteiger partial charge in [0.25, 0.3) is 5.91 Å². The fourth-order valence-corrected chi connectivity index (χ4v) is 3.41. The number of benzene rings is 2. The second-order valence-corrected chi connectivity index (χ2v) is 7.88. The highest BCUT2D eigenvalue weighted by molar-refractivity contribution is 7.80. The minimum absolute atomic E-state index is 0.0657. The van der Waals surface area contributed by atoms with Crippen LogP contribution < -0.4 is 11.1 Å². The topological polar surface area (TPSA) is 88.2 Å². The highest BCUT2D eigenvalue weighted by Crippen LogP contribution is 2.16. The summed E-state index contributed by atoms with van der Waals surface area (Å²) in [5.41, 5.74) is 8.80. The number of ether oxygens (including phenoxy) is 1. The van der Waals surface area contributed by atoms with E-state index in [0.29, 0.717) is 11.3 Å². The van der Waals surface area contributed by atoms with Gasteiger partial charge in [-0.05, 0) is 43.0 Å². The average Bonchev–Trinajstić information content (AvgIpc) is 2.79. The van der Waals surface area contributed by atoms with Crippen molar-refractivity contribution in [1.82, 2.24) is 5.32 Å². The van der Waals surface area contributed by atoms with Crippen LogP contribution in [0.25, 0.3) is 11.8 Å². The maximum atomic E-state index is 12.7. The van der Waals surface area contributed by atoms with Gasteiger partial charge >= 0.3 is 0 Å². The Morgan fingerprint density at radius 2 is 1.97 bits per heavy atom. The van der Waals surface area contributed by atoms with Crippen molar-refractivity contribution < 1.29 is 9.53 Å². The number of rotatable bonds is 12. The van der Waals surface area contributed by atoms with Crippen molar-refractivity contribution in [3.8, 4) is 0 Å². The molecule has 2 aromatic rings. The van der Waals surface area contributed by atoms with Gasteiger partial charge in [0.15, 0.2) is 0 Å². The summed E-state index contributed by atoms with van der Waals surface area (Å²) in [7, 11) is 0. The lowest BCUT2D eigenvalue weighted by Gasteiger charge is -2.19. The van der Waals surface area contributed by atoms with Crippen LogP contribution in [0.15, 0.2) is 78.7 Å². The second-order valence-electron chi connectivity index (χ2n) is 7.36. The van der Waals surface area contributed by atoms with E-state index < -0.39 is 0 Å². The summed E-state index contributed by atoms with van der Waals surface area (Å²) in [5.74, 6) is -0.260. The van der Waals surface area contributed by atoms with Crippen molar-refractivity contribution >= 4 is 36.2 Å². The van der Waals surface area contributed by atoms with Crippen molar-refractivity contribution in [3.63, 3.8) is 0 Å². The molecule has 0 aliphatic rings. The molecule has 0 saturated carbocycles. The van der Waals surface area contributed by atoms with Crippen LogP contribution >= 0.6 is 12.6 Å². The van der Waals surface area contributed by atoms with E-state index >= 15 is 0 Å². The zero-order valence-electron chi connectivity index (χ0n) is 18.2. The van der Waals surface area contributed by atoms with Crippen LogP contribution in [0.1, 0.15) is 47.2 Å². The monoisotopic (exact) mass is 449 g/mol. The standard InChI is InChI=1S/C26H31N3O2S/c1-3-5-6-7-13-21(29-26(30)20-12-10-14-22(32)16-20)18-31-25(28)17-24(27)23-15-9-8-11-19(23)4-2/h3-4,8-12,14-17,21,28,32H,1-2,5-7,13,18,27H2,(H,29,30)/t21-/m1/s1. The summed E-state index contributed by atoms with van der Waals surface area (Å²) >= 11 is 4.30. The molecule has 32 heavy (non-hydrogen) atoms. The molecule has 0 saturated heterocycles. The summed E-state index contributed by atoms with van der Waals surface area (Å²) in [5, 5.41) is 11.2. The molecule has 2 rings (SSSR count). The minimum Gasteiger partial charge on any atom is -0.476 e. The zero-order chi connectivity index (χ0) is 23.3. The number of allylic oxidation sites excluding steroid dienone is 1. The lowest BCUT2D eigenvalue weighted by molar-refractivity contribution is 0.0915. The third-order valence-electron chi connectivity index (χ3n) is 4.87. The first-order chi connectivity index (χ1) is 15.4. The van der Waals surface area contributed by atoms with Crippen molar-refractivity contribution in [3.05, 3.63) is 90.5 Å². The van der Waals surface area contributed by atoms with E-state index in [9.17, 15) is 4.79 Å². The predicted octanol–water partition coefficient (Wildman–Crippen LogP) is 5.46. The summed E-state index contributed by atoms with van der Waals surface area (Å²) < 4.78 is 5.64. The number of nitrogens with one attached hydrogen (secondary N) is 2. The van der Waals surface area contributed by atoms with E-state index in [4.69, 9.17) is 15.9 Å². The normalized spacial score (nSPS) is 12.0. The van der Waals surface area contributed by atoms with E-state index in [1.807, 2.05) is 36.4 Å². The van der Waals surface area contributed by atoms with Crippen LogP contribution in [0.5, 0.6) is 0 Å². The Balaban J connectivity index is 2.02. The van der Waals surface area contributed by atoms with Crippen LogP contribution in [0.4, 0.5) is 0 Å². The first-order valence-corrected chi connectivity index (χ1v) is 11.0. The van der Waals surface area contributed by atoms with E-state index in [0.717, 1.165) is 41.7 Å². The van der Waals surface area contributed by atoms with Gasteiger partial charge in [0, 0.05) is 27.8 Å². The van der Waals surface area contributed by atoms with Crippen molar-refractivity contribution in [2.45, 2.75) is 36.6 Å². The van der Waals surface area contributed by atoms with Crippen molar-refractivity contribution in [2.24, 2.45) is 5.73 Å². The predicted molar refractivity (Wildman–Crippen MR) is 136 cm³/mol. The molecule has 6 heteroatoms. The van der Waals surface area contributed by atoms with Gasteiger partial charge in [-0.2, -0.15) is 0 Å². The minimum atomic E-state index is -0.244. The fraction of sp³-hybridized carbons (Fsp3) is 0.231. The van der Waals surface area contributed by atoms with Crippen LogP contribution in [0.3, 0.4) is 0 Å². The van der Waals surface area contributed by atoms with Gasteiger partial charge in [-0.15, -0.1) is 19.2 Å². The maximum absolute atomic E-state index is 12.7. The molecule has 4 N–H and O–H groups in total. The van der Waals surface area contributed by atoms with E-state index in [1.54, 1.807) is 24.3 Å². The number of nitrogens with two attached hydrogens (primary N) is 1. The SMILES string of the molecule is C=CCCCC[C@H](COC(=N)C=C(N)c1ccccc1C=C)NC(=O)c1cccc(S)c1. The van der Waals surface area contributed by atoms with Gasteiger partial charge in [-0.3, -0.25) is 10.2 Å². The Labute approximate surface area is 196 Å². The number of amides is 1. The van der Waals surface area contributed by atoms with Crippen LogP contribution in [-0.2, 0) is 4.74 Å². The molecule has 0 aliphatic carbocycles. The highest BCUT2D eigenvalue weighted by atomic mass is 32.1. The van der Waals surface area contributed by atoms with Crippen molar-refractivity contribution in [2.75, 3.05) is 6.61 Å². The number of hydrogen-bond donors (Lipinski definition) is 4. The molecular weight excluding hydrogens is 418 g/mol. The first kappa shape index (κ1) is 25.0. The van der Waals surface area contributed by atoms with Gasteiger partial charge in [0.05, 0.1) is 6.04 Å². The molecule has 0 aromatic heterocycles. The molecule has 2 aromatic carbocycles. The van der Waals surface area contributed by atoms with Crippen molar-refractivity contribution in [1.29, 1.82) is 5.41 Å². The molecular formula is C26H31N3O2S. The van der Waals surface area contributed by atoms with Gasteiger partial charge < -0.3 is 15.8 Å². The summed E-state index contributed by atoms with van der Waals surface area (Å²) in [6.07, 6.45) is 8.60. The third kappa shape index (κ3) is 8.12. The quantitative estimate of drug-likeness (QED) is 0.114. The molecule has 0 fully saturated rings. The Kier molecular flexibility index (Phi) is 10.3. The number of unbranched alkanes of at least 4 members (excludes halogenated alkanes) is 2. The Morgan fingerprint density at radius 1 is 1.19 bits per heavy atom. The fourth-order valence-electron chi connectivity index (χ4n) is 3.18. The third-order valence-corrected chi connectivity index (χ3v) is 5.15. The Hall–Kier alpha value is -3.25. The van der Waals surface area contributed by atoms with E-state index in [-0.39, 0.29) is 24.5 Å². The number of hydrogen-bond acceptors (Lipinski definition) is 5. The number of thiol groups is 1. The summed E-state index contributed by atoms with van der Waals surface area (Å²) in [4.78, 5) is 13.4. The number of carbonyl (C=O) groups excluding carboxylic acids is 1. The van der Waals surface area contributed by atoms with Gasteiger partial charge in [-0.1, -0.05) is 55.5 Å². The van der Waals surface area contributed by atoms with E-state index in [2.05, 4.69) is 31.1 Å².